The van der Waals surface area contributed by atoms with Crippen LogP contribution in [0.1, 0.15) is 393 Å². The molecule has 0 bridgehead atoms. The number of amides is 1. The summed E-state index contributed by atoms with van der Waals surface area (Å²) in [5.74, 6) is -0.234. The van der Waals surface area contributed by atoms with Gasteiger partial charge in [-0.05, 0) is 57.8 Å². The lowest BCUT2D eigenvalue weighted by atomic mass is 9.96. The van der Waals surface area contributed by atoms with Gasteiger partial charge < -0.3 is 89.9 Å². The first-order valence-corrected chi connectivity index (χ1v) is 46.5. The van der Waals surface area contributed by atoms with Gasteiger partial charge in [-0.3, -0.25) is 4.79 Å². The molecule has 3 aliphatic rings. The zero-order valence-corrected chi connectivity index (χ0v) is 70.9. The Kier molecular flexibility index (Phi) is 67.1. The maximum Gasteiger partial charge on any atom is 0.220 e. The van der Waals surface area contributed by atoms with Gasteiger partial charge in [-0.2, -0.15) is 0 Å². The van der Waals surface area contributed by atoms with Crippen LogP contribution in [0.15, 0.2) is 60.8 Å². The number of aliphatic hydroxyl groups excluding tert-OH is 11. The van der Waals surface area contributed by atoms with Crippen LogP contribution in [0.25, 0.3) is 0 Å². The van der Waals surface area contributed by atoms with Crippen molar-refractivity contribution in [2.75, 3.05) is 26.4 Å². The summed E-state index contributed by atoms with van der Waals surface area (Å²) in [4.78, 5) is 13.6. The minimum Gasteiger partial charge on any atom is -0.394 e. The molecule has 17 atom stereocenters. The van der Waals surface area contributed by atoms with Crippen molar-refractivity contribution in [3.63, 3.8) is 0 Å². The first kappa shape index (κ1) is 104. The van der Waals surface area contributed by atoms with Gasteiger partial charge in [-0.15, -0.1) is 0 Å². The zero-order chi connectivity index (χ0) is 81.0. The predicted molar refractivity (Wildman–Crippen MR) is 452 cm³/mol. The van der Waals surface area contributed by atoms with Crippen LogP contribution in [0.5, 0.6) is 0 Å². The number of rotatable bonds is 76. The molecule has 3 rings (SSSR count). The van der Waals surface area contributed by atoms with Gasteiger partial charge in [-0.1, -0.05) is 389 Å². The fourth-order valence-electron chi connectivity index (χ4n) is 15.8. The quantitative estimate of drug-likeness (QED) is 0.0199. The standard InChI is InChI=1S/C93H171NO18/c1-3-5-7-9-11-13-15-17-19-21-23-25-27-29-31-32-33-34-35-36-37-38-39-40-41-42-43-44-45-47-49-51-53-55-57-59-61-63-65-67-69-71-81(99)94-76(77(98)70-68-66-64-62-60-58-56-54-52-50-48-46-30-28-26-24-22-20-18-16-14-12-10-8-6-4-2)75-107-91-87(105)84(102)89(79(73-96)109-91)112-93-88(106)85(103)90(80(74-97)110-93)111-92-86(104)83(101)82(100)78(72-95)108-92/h5,7,11,13,17,19,23,25,29,31,76-80,82-93,95-98,100-106H,3-4,6,8-10,12,14-16,18,20-22,24,26-28,30,32-75H2,1-2H3,(H,94,99)/b7-5-,13-11-,19-17-,25-23-,31-29-. The van der Waals surface area contributed by atoms with Crippen molar-refractivity contribution in [3.05, 3.63) is 60.8 Å². The third-order valence-electron chi connectivity index (χ3n) is 23.1. The summed E-state index contributed by atoms with van der Waals surface area (Å²) < 4.78 is 34.6. The molecule has 19 heteroatoms. The molecule has 3 heterocycles. The van der Waals surface area contributed by atoms with E-state index in [2.05, 4.69) is 79.9 Å². The summed E-state index contributed by atoms with van der Waals surface area (Å²) in [6, 6.07) is -0.888. The van der Waals surface area contributed by atoms with Crippen LogP contribution in [-0.2, 0) is 33.2 Å². The minimum absolute atomic E-state index is 0.234. The molecule has 1 amide bonds. The zero-order valence-electron chi connectivity index (χ0n) is 70.9. The number of hydrogen-bond acceptors (Lipinski definition) is 18. The van der Waals surface area contributed by atoms with Crippen molar-refractivity contribution in [1.29, 1.82) is 0 Å². The fraction of sp³-hybridized carbons (Fsp3) is 0.882. The molecule has 12 N–H and O–H groups in total. The van der Waals surface area contributed by atoms with Crippen LogP contribution in [0.3, 0.4) is 0 Å². The molecular weight excluding hydrogens is 1420 g/mol. The lowest BCUT2D eigenvalue weighted by Gasteiger charge is -2.48. The molecule has 17 unspecified atom stereocenters. The van der Waals surface area contributed by atoms with Crippen molar-refractivity contribution in [2.24, 2.45) is 0 Å². The van der Waals surface area contributed by atoms with E-state index in [-0.39, 0.29) is 18.9 Å². The Labute approximate surface area is 681 Å². The monoisotopic (exact) mass is 1590 g/mol. The second-order valence-electron chi connectivity index (χ2n) is 33.1. The molecule has 0 aromatic heterocycles. The van der Waals surface area contributed by atoms with Crippen LogP contribution in [-0.4, -0.2) is 193 Å². The second kappa shape index (κ2) is 72.5. The molecule has 0 spiro atoms. The molecule has 0 radical (unpaired) electrons. The first-order valence-electron chi connectivity index (χ1n) is 46.5. The van der Waals surface area contributed by atoms with E-state index in [1.807, 2.05) is 0 Å². The van der Waals surface area contributed by atoms with Gasteiger partial charge in [0.05, 0.1) is 38.6 Å². The number of unbranched alkanes of at least 4 members (excludes halogenated alkanes) is 50. The molecule has 3 aliphatic heterocycles. The fourth-order valence-corrected chi connectivity index (χ4v) is 15.8. The normalized spacial score (nSPS) is 25.2. The Bertz CT molecular complexity index is 2250. The number of ether oxygens (including phenoxy) is 6. The number of hydrogen-bond donors (Lipinski definition) is 12. The van der Waals surface area contributed by atoms with E-state index >= 15 is 0 Å². The van der Waals surface area contributed by atoms with Crippen molar-refractivity contribution >= 4 is 5.91 Å². The van der Waals surface area contributed by atoms with Crippen LogP contribution in [0.2, 0.25) is 0 Å². The van der Waals surface area contributed by atoms with Crippen molar-refractivity contribution in [3.8, 4) is 0 Å². The number of aliphatic hydroxyl groups is 11. The minimum atomic E-state index is -1.97. The average Bonchev–Trinajstić information content (AvgIpc) is 0.781. The van der Waals surface area contributed by atoms with E-state index in [0.717, 1.165) is 77.0 Å². The SMILES string of the molecule is CC/C=C\C/C=C\C/C=C\C/C=C\C/C=C\CCCCCCCCCCCCCCCCCCCCCCCCCCCC(=O)NC(COC1OC(CO)C(OC2OC(CO)C(OC3OC(CO)C(O)C(O)C3O)C(O)C2O)C(O)C1O)C(O)CCCCCCCCCCCCCCCCCCCCCCCCCCCC. The molecule has 19 nitrogen and oxygen atoms in total. The smallest absolute Gasteiger partial charge is 0.220 e. The van der Waals surface area contributed by atoms with Crippen LogP contribution in [0, 0.1) is 0 Å². The highest BCUT2D eigenvalue weighted by atomic mass is 16.8. The van der Waals surface area contributed by atoms with E-state index in [1.165, 1.54) is 283 Å². The number of allylic oxidation sites excluding steroid dienone is 10. The predicted octanol–water partition coefficient (Wildman–Crippen LogP) is 18.1. The van der Waals surface area contributed by atoms with Gasteiger partial charge in [0.1, 0.15) is 73.2 Å². The molecular formula is C93H171NO18. The van der Waals surface area contributed by atoms with Crippen LogP contribution < -0.4 is 5.32 Å². The van der Waals surface area contributed by atoms with Gasteiger partial charge in [0.15, 0.2) is 18.9 Å². The Hall–Kier alpha value is -2.51. The van der Waals surface area contributed by atoms with Crippen molar-refractivity contribution in [2.45, 2.75) is 497 Å². The molecule has 0 aromatic rings. The highest BCUT2D eigenvalue weighted by molar-refractivity contribution is 5.76. The summed E-state index contributed by atoms with van der Waals surface area (Å²) in [5, 5.41) is 121. The molecule has 0 saturated carbocycles. The Balaban J connectivity index is 1.28. The Morgan fingerprint density at radius 3 is 0.964 bits per heavy atom. The topological polar surface area (TPSA) is 307 Å². The highest BCUT2D eigenvalue weighted by Crippen LogP contribution is 2.34. The third kappa shape index (κ3) is 50.4. The number of carbonyl (C=O) groups is 1. The lowest BCUT2D eigenvalue weighted by Crippen LogP contribution is -2.66. The molecule has 656 valence electrons. The maximum atomic E-state index is 13.6. The van der Waals surface area contributed by atoms with Gasteiger partial charge in [0.2, 0.25) is 5.91 Å². The van der Waals surface area contributed by atoms with Gasteiger partial charge in [0.25, 0.3) is 0 Å². The van der Waals surface area contributed by atoms with Crippen molar-refractivity contribution in [1.82, 2.24) is 5.32 Å². The van der Waals surface area contributed by atoms with E-state index < -0.39 is 124 Å². The molecule has 112 heavy (non-hydrogen) atoms. The summed E-state index contributed by atoms with van der Waals surface area (Å²) in [6.07, 6.45) is 69.1. The highest BCUT2D eigenvalue weighted by Gasteiger charge is 2.54. The number of nitrogens with one attached hydrogen (secondary N) is 1. The lowest BCUT2D eigenvalue weighted by molar-refractivity contribution is -0.379. The van der Waals surface area contributed by atoms with Gasteiger partial charge in [-0.25, -0.2) is 0 Å². The molecule has 0 aliphatic carbocycles. The van der Waals surface area contributed by atoms with Crippen LogP contribution in [0.4, 0.5) is 0 Å². The second-order valence-corrected chi connectivity index (χ2v) is 33.1. The maximum absolute atomic E-state index is 13.6. The molecule has 0 aromatic carbocycles. The van der Waals surface area contributed by atoms with E-state index in [1.54, 1.807) is 0 Å². The Morgan fingerprint density at radius 2 is 0.616 bits per heavy atom. The van der Waals surface area contributed by atoms with Gasteiger partial charge >= 0.3 is 0 Å². The summed E-state index contributed by atoms with van der Waals surface area (Å²) in [5.41, 5.74) is 0. The first-order chi connectivity index (χ1) is 54.8. The molecule has 3 saturated heterocycles. The van der Waals surface area contributed by atoms with E-state index in [0.29, 0.717) is 12.8 Å². The Morgan fingerprint density at radius 1 is 0.330 bits per heavy atom. The van der Waals surface area contributed by atoms with Gasteiger partial charge in [0, 0.05) is 6.42 Å². The number of carbonyl (C=O) groups excluding carboxylic acids is 1. The summed E-state index contributed by atoms with van der Waals surface area (Å²) >= 11 is 0. The van der Waals surface area contributed by atoms with Crippen LogP contribution >= 0.6 is 0 Å². The van der Waals surface area contributed by atoms with Crippen molar-refractivity contribution < 1.29 is 89.4 Å². The largest absolute Gasteiger partial charge is 0.394 e. The average molecular weight is 1590 g/mol. The third-order valence-corrected chi connectivity index (χ3v) is 23.1. The van der Waals surface area contributed by atoms with E-state index in [4.69, 9.17) is 28.4 Å². The summed E-state index contributed by atoms with van der Waals surface area (Å²) in [6.45, 7) is 1.75. The summed E-state index contributed by atoms with van der Waals surface area (Å²) in [7, 11) is 0. The molecule has 3 fully saturated rings. The van der Waals surface area contributed by atoms with E-state index in [9.17, 15) is 61.0 Å².